The van der Waals surface area contributed by atoms with Crippen LogP contribution in [0.25, 0.3) is 22.3 Å². The van der Waals surface area contributed by atoms with Crippen LogP contribution in [0.15, 0.2) is 83.3 Å². The van der Waals surface area contributed by atoms with Gasteiger partial charge in [-0.05, 0) is 80.0 Å². The summed E-state index contributed by atoms with van der Waals surface area (Å²) in [6, 6.07) is 19.0. The fourth-order valence-electron chi connectivity index (χ4n) is 4.91. The number of carbonyl (C=O) groups is 1. The molecule has 1 aliphatic rings. The first-order valence-electron chi connectivity index (χ1n) is 14.0. The number of halogens is 1. The molecule has 42 heavy (non-hydrogen) atoms. The summed E-state index contributed by atoms with van der Waals surface area (Å²) in [7, 11) is -2.21. The molecule has 0 radical (unpaired) electrons. The van der Waals surface area contributed by atoms with Crippen LogP contribution in [0, 0.1) is 5.82 Å². The van der Waals surface area contributed by atoms with E-state index in [1.807, 2.05) is 36.4 Å². The molecule has 1 aliphatic carbocycles. The van der Waals surface area contributed by atoms with Crippen molar-refractivity contribution < 1.29 is 26.8 Å². The number of sulfonamides is 1. The number of furan rings is 1. The molecule has 1 aromatic heterocycles. The van der Waals surface area contributed by atoms with E-state index in [9.17, 15) is 17.6 Å². The monoisotopic (exact) mass is 590 g/mol. The van der Waals surface area contributed by atoms with Gasteiger partial charge in [0.1, 0.15) is 17.2 Å². The van der Waals surface area contributed by atoms with E-state index in [-0.39, 0.29) is 11.8 Å². The lowest BCUT2D eigenvalue weighted by atomic mass is 10.0. The third-order valence-corrected chi connectivity index (χ3v) is 9.34. The number of hydrogen-bond donors (Lipinski definition) is 2. The van der Waals surface area contributed by atoms with Crippen LogP contribution in [-0.4, -0.2) is 33.2 Å². The predicted octanol–water partition coefficient (Wildman–Crippen LogP) is 7.16. The minimum Gasteiger partial charge on any atom is -0.455 e. The van der Waals surface area contributed by atoms with Gasteiger partial charge in [0, 0.05) is 24.1 Å². The molecule has 1 fully saturated rings. The average molecular weight is 591 g/mol. The van der Waals surface area contributed by atoms with Crippen molar-refractivity contribution in [2.75, 3.05) is 18.4 Å². The van der Waals surface area contributed by atoms with Gasteiger partial charge in [0.25, 0.3) is 5.91 Å². The maximum absolute atomic E-state index is 13.6. The molecule has 0 aliphatic heterocycles. The van der Waals surface area contributed by atoms with Crippen molar-refractivity contribution in [1.82, 2.24) is 5.32 Å². The minimum absolute atomic E-state index is 0.186. The van der Waals surface area contributed by atoms with Crippen molar-refractivity contribution in [2.45, 2.75) is 50.4 Å². The van der Waals surface area contributed by atoms with Gasteiger partial charge in [-0.25, -0.2) is 12.8 Å². The highest BCUT2D eigenvalue weighted by Crippen LogP contribution is 2.47. The van der Waals surface area contributed by atoms with E-state index in [0.29, 0.717) is 59.6 Å². The van der Waals surface area contributed by atoms with E-state index in [1.54, 1.807) is 25.1 Å². The Balaban J connectivity index is 1.34. The van der Waals surface area contributed by atoms with Gasteiger partial charge in [-0.2, -0.15) is 0 Å². The number of carbonyl (C=O) groups excluding carboxylic acids is 1. The van der Waals surface area contributed by atoms with E-state index in [4.69, 9.17) is 9.15 Å². The van der Waals surface area contributed by atoms with Crippen LogP contribution in [0.1, 0.15) is 60.0 Å². The van der Waals surface area contributed by atoms with Crippen molar-refractivity contribution in [2.24, 2.45) is 0 Å². The summed E-state index contributed by atoms with van der Waals surface area (Å²) >= 11 is 0. The summed E-state index contributed by atoms with van der Waals surface area (Å²) in [5.74, 6) is -0.260. The molecule has 1 saturated carbocycles. The molecule has 0 saturated heterocycles. The molecule has 1 heterocycles. The molecule has 1 amide bonds. The van der Waals surface area contributed by atoms with Gasteiger partial charge in [-0.3, -0.25) is 9.52 Å². The van der Waals surface area contributed by atoms with Crippen molar-refractivity contribution in [1.29, 1.82) is 0 Å². The molecule has 7 nitrogen and oxygen atoms in total. The van der Waals surface area contributed by atoms with Crippen LogP contribution in [-0.2, 0) is 21.4 Å². The van der Waals surface area contributed by atoms with E-state index in [2.05, 4.69) is 16.6 Å². The zero-order valence-electron chi connectivity index (χ0n) is 23.8. The molecular weight excluding hydrogens is 555 g/mol. The first kappa shape index (κ1) is 29.5. The maximum atomic E-state index is 13.6. The second-order valence-electron chi connectivity index (χ2n) is 10.8. The minimum atomic E-state index is -3.75. The highest BCUT2D eigenvalue weighted by molar-refractivity contribution is 7.93. The molecular formula is C33H35FN2O5S. The van der Waals surface area contributed by atoms with Crippen molar-refractivity contribution in [3.05, 3.63) is 101 Å². The number of rotatable bonds is 13. The van der Waals surface area contributed by atoms with Crippen LogP contribution in [0.4, 0.5) is 10.1 Å². The van der Waals surface area contributed by atoms with E-state index in [0.717, 1.165) is 29.5 Å². The van der Waals surface area contributed by atoms with E-state index < -0.39 is 21.1 Å². The van der Waals surface area contributed by atoms with Gasteiger partial charge in [-0.1, -0.05) is 42.5 Å². The Hall–Kier alpha value is -3.95. The van der Waals surface area contributed by atoms with Gasteiger partial charge < -0.3 is 14.5 Å². The molecule has 4 aromatic rings. The smallest absolute Gasteiger partial charge is 0.255 e. The lowest BCUT2D eigenvalue weighted by molar-refractivity contribution is 0.0964. The van der Waals surface area contributed by atoms with Crippen LogP contribution in [0.2, 0.25) is 0 Å². The van der Waals surface area contributed by atoms with Crippen molar-refractivity contribution in [3.63, 3.8) is 0 Å². The first-order valence-corrected chi connectivity index (χ1v) is 15.6. The Labute approximate surface area is 245 Å². The zero-order valence-corrected chi connectivity index (χ0v) is 24.6. The van der Waals surface area contributed by atoms with Crippen LogP contribution in [0.3, 0.4) is 0 Å². The molecule has 5 rings (SSSR count). The number of hydrogen-bond acceptors (Lipinski definition) is 5. The van der Waals surface area contributed by atoms with Gasteiger partial charge in [0.05, 0.1) is 29.7 Å². The Morgan fingerprint density at radius 2 is 1.83 bits per heavy atom. The molecule has 220 valence electrons. The summed E-state index contributed by atoms with van der Waals surface area (Å²) in [5, 5.41) is 2.56. The molecule has 0 bridgehead atoms. The SMILES string of the molecule is C=C(CCC(C)S(=O)(=O)Nc1cc2oc(-c3ccc(F)cc3)c(C(=O)NC)c2cc1C1CC1)COCc1ccccc1. The number of nitrogens with one attached hydrogen (secondary N) is 2. The van der Waals surface area contributed by atoms with Crippen molar-refractivity contribution >= 4 is 32.6 Å². The number of ether oxygens (including phenoxy) is 1. The molecule has 1 atom stereocenters. The lowest BCUT2D eigenvalue weighted by Gasteiger charge is -2.18. The lowest BCUT2D eigenvalue weighted by Crippen LogP contribution is -2.26. The molecule has 3 aromatic carbocycles. The summed E-state index contributed by atoms with van der Waals surface area (Å²) in [6.07, 6.45) is 2.76. The number of amides is 1. The number of fused-ring (bicyclic) bond motifs is 1. The highest BCUT2D eigenvalue weighted by Gasteiger charge is 2.32. The van der Waals surface area contributed by atoms with E-state index in [1.165, 1.54) is 19.2 Å². The molecule has 2 N–H and O–H groups in total. The second kappa shape index (κ2) is 12.5. The molecule has 9 heteroatoms. The number of benzene rings is 3. The van der Waals surface area contributed by atoms with Crippen molar-refractivity contribution in [3.8, 4) is 11.3 Å². The van der Waals surface area contributed by atoms with Crippen LogP contribution >= 0.6 is 0 Å². The summed E-state index contributed by atoms with van der Waals surface area (Å²) < 4.78 is 55.1. The first-order chi connectivity index (χ1) is 20.2. The third-order valence-electron chi connectivity index (χ3n) is 7.54. The van der Waals surface area contributed by atoms with Gasteiger partial charge >= 0.3 is 0 Å². The summed E-state index contributed by atoms with van der Waals surface area (Å²) in [5.41, 5.74) is 4.42. The third kappa shape index (κ3) is 6.74. The quantitative estimate of drug-likeness (QED) is 0.161. The molecule has 1 unspecified atom stereocenters. The standard InChI is InChI=1S/C33H35FN2O5S/c1-21(19-40-20-23-7-5-4-6-8-23)9-10-22(2)42(38,39)36-29-18-30-28(17-27(29)24-11-12-24)31(33(37)35-3)32(41-30)25-13-15-26(34)16-14-25/h4-8,13-18,22,24,36H,1,9-12,19-20H2,2-3H3,(H,35,37). The Morgan fingerprint density at radius 3 is 2.50 bits per heavy atom. The fraction of sp³-hybridized carbons (Fsp3) is 0.303. The predicted molar refractivity (Wildman–Crippen MR) is 163 cm³/mol. The average Bonchev–Trinajstić information content (AvgIpc) is 3.76. The van der Waals surface area contributed by atoms with Crippen LogP contribution < -0.4 is 10.0 Å². The highest BCUT2D eigenvalue weighted by atomic mass is 32.2. The second-order valence-corrected chi connectivity index (χ2v) is 12.9. The van der Waals surface area contributed by atoms with Gasteiger partial charge in [0.15, 0.2) is 0 Å². The van der Waals surface area contributed by atoms with E-state index >= 15 is 0 Å². The van der Waals surface area contributed by atoms with Gasteiger partial charge in [-0.15, -0.1) is 0 Å². The molecule has 0 spiro atoms. The Bertz CT molecular complexity index is 1690. The Morgan fingerprint density at radius 1 is 1.12 bits per heavy atom. The topological polar surface area (TPSA) is 97.6 Å². The normalized spacial score (nSPS) is 14.1. The van der Waals surface area contributed by atoms with Gasteiger partial charge in [0.2, 0.25) is 10.0 Å². The Kier molecular flexibility index (Phi) is 8.80. The maximum Gasteiger partial charge on any atom is 0.255 e. The summed E-state index contributed by atoms with van der Waals surface area (Å²) in [4.78, 5) is 12.9. The fourth-order valence-corrected chi connectivity index (χ4v) is 6.02. The number of anilines is 1. The largest absolute Gasteiger partial charge is 0.455 e. The summed E-state index contributed by atoms with van der Waals surface area (Å²) in [6.45, 7) is 6.57. The van der Waals surface area contributed by atoms with Crippen LogP contribution in [0.5, 0.6) is 0 Å². The zero-order chi connectivity index (χ0) is 29.9.